The van der Waals surface area contributed by atoms with Crippen LogP contribution in [0.25, 0.3) is 0 Å². The van der Waals surface area contributed by atoms with Gasteiger partial charge in [0.05, 0.1) is 11.3 Å². The zero-order chi connectivity index (χ0) is 13.1. The summed E-state index contributed by atoms with van der Waals surface area (Å²) in [5, 5.41) is 1.42. The second kappa shape index (κ2) is 5.13. The molecule has 0 atom stereocenters. The third kappa shape index (κ3) is 4.39. The number of hydrogen-bond acceptors (Lipinski definition) is 4. The molecular weight excluding hydrogens is 246 g/mol. The highest BCUT2D eigenvalue weighted by atomic mass is 32.2. The first kappa shape index (κ1) is 13.4. The van der Waals surface area contributed by atoms with Gasteiger partial charge in [-0.2, -0.15) is 8.42 Å². The van der Waals surface area contributed by atoms with Crippen LogP contribution < -0.4 is 10.1 Å². The molecule has 1 aromatic carbocycles. The van der Waals surface area contributed by atoms with Gasteiger partial charge in [0, 0.05) is 14.1 Å². The number of nitrogens with one attached hydrogen (secondary N) is 2. The fourth-order valence-electron chi connectivity index (χ4n) is 1.17. The molecule has 1 aromatic rings. The smallest absolute Gasteiger partial charge is 0.285 e. The van der Waals surface area contributed by atoms with Crippen LogP contribution in [0.5, 0.6) is 0 Å². The molecule has 7 nitrogen and oxygen atoms in total. The van der Waals surface area contributed by atoms with E-state index in [1.54, 1.807) is 26.2 Å². The Balaban J connectivity index is 3.04. The van der Waals surface area contributed by atoms with Gasteiger partial charge in [-0.05, 0) is 12.1 Å². The maximum Gasteiger partial charge on any atom is 0.357 e. The molecule has 0 saturated heterocycles. The number of nitrogens with zero attached hydrogens (tertiary/aromatic N) is 1. The van der Waals surface area contributed by atoms with Gasteiger partial charge in [0.15, 0.2) is 0 Å². The Morgan fingerprint density at radius 1 is 1.29 bits per heavy atom. The molecule has 0 aliphatic heterocycles. The van der Waals surface area contributed by atoms with Crippen molar-refractivity contribution in [3.8, 4) is 0 Å². The van der Waals surface area contributed by atoms with Crippen LogP contribution in [0, 0.1) is 0 Å². The Labute approximate surface area is 99.3 Å². The van der Waals surface area contributed by atoms with Crippen molar-refractivity contribution in [3.05, 3.63) is 29.8 Å². The van der Waals surface area contributed by atoms with Crippen LogP contribution in [0.2, 0.25) is 0 Å². The monoisotopic (exact) mass is 259 g/mol. The maximum absolute atomic E-state index is 11.7. The first-order chi connectivity index (χ1) is 7.79. The second-order valence-corrected chi connectivity index (χ2v) is 4.61. The molecule has 1 amide bonds. The van der Waals surface area contributed by atoms with Crippen molar-refractivity contribution in [1.82, 2.24) is 10.4 Å². The molecule has 0 radical (unpaired) electrons. The molecule has 0 saturated carbocycles. The van der Waals surface area contributed by atoms with Gasteiger partial charge in [-0.1, -0.05) is 12.1 Å². The summed E-state index contributed by atoms with van der Waals surface area (Å²) in [6.45, 7) is 0. The average molecular weight is 259 g/mol. The highest BCUT2D eigenvalue weighted by molar-refractivity contribution is 7.87. The lowest BCUT2D eigenvalue weighted by molar-refractivity contribution is 0.0858. The van der Waals surface area contributed by atoms with Crippen molar-refractivity contribution in [2.75, 3.05) is 18.8 Å². The largest absolute Gasteiger partial charge is 0.357 e. The van der Waals surface area contributed by atoms with Crippen LogP contribution in [0.15, 0.2) is 24.3 Å². The van der Waals surface area contributed by atoms with Gasteiger partial charge in [0.2, 0.25) is 0 Å². The first-order valence-corrected chi connectivity index (χ1v) is 6.06. The Morgan fingerprint density at radius 3 is 2.41 bits per heavy atom. The van der Waals surface area contributed by atoms with Crippen molar-refractivity contribution >= 4 is 21.9 Å². The Bertz CT molecular complexity index is 513. The summed E-state index contributed by atoms with van der Waals surface area (Å²) in [5.41, 5.74) is 2.58. The van der Waals surface area contributed by atoms with E-state index in [4.69, 9.17) is 4.55 Å². The van der Waals surface area contributed by atoms with Gasteiger partial charge in [0.25, 0.3) is 5.91 Å². The van der Waals surface area contributed by atoms with E-state index < -0.39 is 16.2 Å². The Morgan fingerprint density at radius 2 is 1.88 bits per heavy atom. The quantitative estimate of drug-likeness (QED) is 0.526. The topological polar surface area (TPSA) is 98.7 Å². The Kier molecular flexibility index (Phi) is 4.05. The van der Waals surface area contributed by atoms with Crippen LogP contribution in [0.1, 0.15) is 10.4 Å². The number of anilines is 1. The number of rotatable bonds is 4. The molecule has 17 heavy (non-hydrogen) atoms. The molecule has 0 heterocycles. The van der Waals surface area contributed by atoms with E-state index in [0.717, 1.165) is 0 Å². The van der Waals surface area contributed by atoms with E-state index >= 15 is 0 Å². The minimum absolute atomic E-state index is 0.00866. The fourth-order valence-corrected chi connectivity index (χ4v) is 1.63. The lowest BCUT2D eigenvalue weighted by Gasteiger charge is -2.14. The molecule has 0 unspecified atom stereocenters. The van der Waals surface area contributed by atoms with Crippen LogP contribution in [-0.4, -0.2) is 38.0 Å². The zero-order valence-corrected chi connectivity index (χ0v) is 10.2. The van der Waals surface area contributed by atoms with Crippen molar-refractivity contribution < 1.29 is 17.8 Å². The summed E-state index contributed by atoms with van der Waals surface area (Å²) in [5.74, 6) is -0.484. The van der Waals surface area contributed by atoms with Crippen LogP contribution in [0.3, 0.4) is 0 Å². The summed E-state index contributed by atoms with van der Waals surface area (Å²) in [6, 6.07) is 5.93. The van der Waals surface area contributed by atoms with Gasteiger partial charge >= 0.3 is 10.3 Å². The van der Waals surface area contributed by atoms with Gasteiger partial charge in [-0.3, -0.25) is 19.5 Å². The SMILES string of the molecule is CN(C)NC(=O)c1ccccc1NS(=O)(=O)O. The number of carbonyl (C=O) groups excluding carboxylic acids is 1. The number of para-hydroxylation sites is 1. The van der Waals surface area contributed by atoms with E-state index in [1.807, 2.05) is 4.72 Å². The molecule has 0 bridgehead atoms. The van der Waals surface area contributed by atoms with Gasteiger partial charge in [0.1, 0.15) is 0 Å². The van der Waals surface area contributed by atoms with Crippen molar-refractivity contribution in [2.45, 2.75) is 0 Å². The number of hydrogen-bond donors (Lipinski definition) is 3. The van der Waals surface area contributed by atoms with Crippen LogP contribution in [0.4, 0.5) is 5.69 Å². The molecule has 0 aliphatic carbocycles. The van der Waals surface area contributed by atoms with E-state index in [9.17, 15) is 13.2 Å². The maximum atomic E-state index is 11.7. The van der Waals surface area contributed by atoms with Crippen molar-refractivity contribution in [2.24, 2.45) is 0 Å². The average Bonchev–Trinajstić information content (AvgIpc) is 2.14. The highest BCUT2D eigenvalue weighted by Gasteiger charge is 2.14. The Hall–Kier alpha value is -1.64. The predicted molar refractivity (Wildman–Crippen MR) is 62.8 cm³/mol. The van der Waals surface area contributed by atoms with E-state index in [1.165, 1.54) is 17.1 Å². The van der Waals surface area contributed by atoms with Gasteiger partial charge in [-0.15, -0.1) is 0 Å². The summed E-state index contributed by atoms with van der Waals surface area (Å²) >= 11 is 0. The van der Waals surface area contributed by atoms with Crippen molar-refractivity contribution in [3.63, 3.8) is 0 Å². The van der Waals surface area contributed by atoms with Crippen LogP contribution in [-0.2, 0) is 10.3 Å². The van der Waals surface area contributed by atoms with Crippen molar-refractivity contribution in [1.29, 1.82) is 0 Å². The zero-order valence-electron chi connectivity index (χ0n) is 9.34. The number of benzene rings is 1. The third-order valence-corrected chi connectivity index (χ3v) is 2.21. The summed E-state index contributed by atoms with van der Waals surface area (Å²) in [6.07, 6.45) is 0. The number of hydrazine groups is 1. The minimum Gasteiger partial charge on any atom is -0.285 e. The second-order valence-electron chi connectivity index (χ2n) is 3.46. The molecule has 0 fully saturated rings. The standard InChI is InChI=1S/C9H13N3O4S/c1-12(2)10-9(13)7-5-3-4-6-8(7)11-17(14,15)16/h3-6,11H,1-2H3,(H,10,13)(H,14,15,16). The predicted octanol–water partition coefficient (Wildman–Crippen LogP) is 0.108. The van der Waals surface area contributed by atoms with Gasteiger partial charge in [-0.25, -0.2) is 5.01 Å². The van der Waals surface area contributed by atoms with E-state index in [2.05, 4.69) is 5.43 Å². The van der Waals surface area contributed by atoms with Gasteiger partial charge < -0.3 is 0 Å². The number of amides is 1. The molecule has 1 rings (SSSR count). The lowest BCUT2D eigenvalue weighted by atomic mass is 10.2. The first-order valence-electron chi connectivity index (χ1n) is 4.62. The molecule has 3 N–H and O–H groups in total. The summed E-state index contributed by atoms with van der Waals surface area (Å²) < 4.78 is 31.9. The molecule has 0 aliphatic rings. The lowest BCUT2D eigenvalue weighted by Crippen LogP contribution is -2.36. The molecule has 0 aromatic heterocycles. The number of carbonyl (C=O) groups is 1. The van der Waals surface area contributed by atoms with Crippen LogP contribution >= 0.6 is 0 Å². The van der Waals surface area contributed by atoms with E-state index in [-0.39, 0.29) is 11.3 Å². The molecule has 94 valence electrons. The summed E-state index contributed by atoms with van der Waals surface area (Å²) in [4.78, 5) is 11.7. The third-order valence-electron chi connectivity index (χ3n) is 1.74. The minimum atomic E-state index is -4.41. The molecule has 0 spiro atoms. The fraction of sp³-hybridized carbons (Fsp3) is 0.222. The normalized spacial score (nSPS) is 11.3. The van der Waals surface area contributed by atoms with E-state index in [0.29, 0.717) is 0 Å². The molecular formula is C9H13N3O4S. The molecule has 8 heteroatoms. The highest BCUT2D eigenvalue weighted by Crippen LogP contribution is 2.15. The summed E-state index contributed by atoms with van der Waals surface area (Å²) in [7, 11) is -1.16.